The van der Waals surface area contributed by atoms with E-state index in [4.69, 9.17) is 0 Å². The van der Waals surface area contributed by atoms with E-state index in [1.165, 1.54) is 12.8 Å². The number of nitrogens with zero attached hydrogens (tertiary/aromatic N) is 3. The van der Waals surface area contributed by atoms with Gasteiger partial charge in [0, 0.05) is 12.1 Å². The molecule has 0 bridgehead atoms. The molecular formula is C12H23N5. The van der Waals surface area contributed by atoms with Crippen LogP contribution in [-0.4, -0.2) is 27.3 Å². The highest BCUT2D eigenvalue weighted by atomic mass is 15.3. The molecule has 0 aliphatic carbocycles. The van der Waals surface area contributed by atoms with E-state index in [0.29, 0.717) is 5.95 Å². The van der Waals surface area contributed by atoms with E-state index in [1.54, 1.807) is 6.20 Å². The molecule has 0 saturated heterocycles. The standard InChI is InChI=1S/C12H23N5/c1-5-6-7-8-13-11-15-10(9-14-17-11)16-12(2,3)4/h9H,5-8H2,1-4H3,(H2,13,15,16,17). The fourth-order valence-electron chi connectivity index (χ4n) is 1.40. The highest BCUT2D eigenvalue weighted by Gasteiger charge is 2.10. The van der Waals surface area contributed by atoms with E-state index in [2.05, 4.69) is 53.5 Å². The van der Waals surface area contributed by atoms with Gasteiger partial charge in [0.25, 0.3) is 0 Å². The third kappa shape index (κ3) is 6.04. The Morgan fingerprint density at radius 2 is 2.00 bits per heavy atom. The molecule has 0 atom stereocenters. The van der Waals surface area contributed by atoms with Crippen LogP contribution < -0.4 is 10.6 Å². The number of unbranched alkanes of at least 4 members (excludes halogenated alkanes) is 2. The molecule has 0 radical (unpaired) electrons. The van der Waals surface area contributed by atoms with Gasteiger partial charge in [-0.05, 0) is 27.2 Å². The molecule has 0 saturated carbocycles. The quantitative estimate of drug-likeness (QED) is 0.745. The Labute approximate surface area is 103 Å². The first kappa shape index (κ1) is 13.7. The Hall–Kier alpha value is -1.39. The number of rotatable bonds is 6. The van der Waals surface area contributed by atoms with Gasteiger partial charge in [-0.25, -0.2) is 0 Å². The van der Waals surface area contributed by atoms with Crippen LogP contribution in [0.1, 0.15) is 47.0 Å². The van der Waals surface area contributed by atoms with Crippen LogP contribution in [0.4, 0.5) is 11.8 Å². The molecular weight excluding hydrogens is 214 g/mol. The maximum atomic E-state index is 4.36. The van der Waals surface area contributed by atoms with Crippen LogP contribution in [0.2, 0.25) is 0 Å². The maximum Gasteiger partial charge on any atom is 0.244 e. The predicted octanol–water partition coefficient (Wildman–Crippen LogP) is 2.68. The lowest BCUT2D eigenvalue weighted by molar-refractivity contribution is 0.628. The summed E-state index contributed by atoms with van der Waals surface area (Å²) in [7, 11) is 0. The van der Waals surface area contributed by atoms with Crippen molar-refractivity contribution < 1.29 is 0 Å². The average molecular weight is 237 g/mol. The van der Waals surface area contributed by atoms with E-state index in [1.807, 2.05) is 0 Å². The molecule has 0 aliphatic rings. The lowest BCUT2D eigenvalue weighted by Crippen LogP contribution is -2.27. The Balaban J connectivity index is 2.48. The molecule has 2 N–H and O–H groups in total. The molecule has 0 aromatic carbocycles. The smallest absolute Gasteiger partial charge is 0.244 e. The number of hydrogen-bond donors (Lipinski definition) is 2. The molecule has 0 amide bonds. The molecule has 1 aromatic heterocycles. The van der Waals surface area contributed by atoms with Gasteiger partial charge in [-0.3, -0.25) is 0 Å². The molecule has 0 spiro atoms. The van der Waals surface area contributed by atoms with Gasteiger partial charge in [0.1, 0.15) is 0 Å². The number of aromatic nitrogens is 3. The second kappa shape index (κ2) is 6.37. The van der Waals surface area contributed by atoms with Gasteiger partial charge in [-0.2, -0.15) is 10.1 Å². The van der Waals surface area contributed by atoms with Crippen molar-refractivity contribution in [2.75, 3.05) is 17.2 Å². The van der Waals surface area contributed by atoms with Gasteiger partial charge >= 0.3 is 0 Å². The summed E-state index contributed by atoms with van der Waals surface area (Å²) >= 11 is 0. The summed E-state index contributed by atoms with van der Waals surface area (Å²) < 4.78 is 0. The van der Waals surface area contributed by atoms with Crippen LogP contribution in [0.15, 0.2) is 6.20 Å². The van der Waals surface area contributed by atoms with Gasteiger partial charge < -0.3 is 10.6 Å². The monoisotopic (exact) mass is 237 g/mol. The van der Waals surface area contributed by atoms with Crippen LogP contribution in [0.25, 0.3) is 0 Å². The molecule has 1 heterocycles. The third-order valence-electron chi connectivity index (χ3n) is 2.13. The zero-order chi connectivity index (χ0) is 12.7. The Kier molecular flexibility index (Phi) is 5.12. The second-order valence-electron chi connectivity index (χ2n) is 5.17. The summed E-state index contributed by atoms with van der Waals surface area (Å²) in [4.78, 5) is 4.36. The topological polar surface area (TPSA) is 62.7 Å². The summed E-state index contributed by atoms with van der Waals surface area (Å²) in [5.41, 5.74) is -0.0183. The number of nitrogens with one attached hydrogen (secondary N) is 2. The molecule has 5 heteroatoms. The minimum Gasteiger partial charge on any atom is -0.364 e. The molecule has 0 fully saturated rings. The van der Waals surface area contributed by atoms with E-state index < -0.39 is 0 Å². The van der Waals surface area contributed by atoms with Crippen molar-refractivity contribution in [3.05, 3.63) is 6.20 Å². The molecule has 1 aromatic rings. The summed E-state index contributed by atoms with van der Waals surface area (Å²) in [6.07, 6.45) is 5.21. The van der Waals surface area contributed by atoms with Crippen molar-refractivity contribution in [1.82, 2.24) is 15.2 Å². The van der Waals surface area contributed by atoms with Crippen LogP contribution in [0.5, 0.6) is 0 Å². The van der Waals surface area contributed by atoms with Crippen molar-refractivity contribution in [3.8, 4) is 0 Å². The summed E-state index contributed by atoms with van der Waals surface area (Å²) in [5, 5.41) is 14.3. The fourth-order valence-corrected chi connectivity index (χ4v) is 1.40. The normalized spacial score (nSPS) is 11.3. The first-order valence-electron chi connectivity index (χ1n) is 6.23. The van der Waals surface area contributed by atoms with E-state index in [-0.39, 0.29) is 5.54 Å². The molecule has 0 unspecified atom stereocenters. The van der Waals surface area contributed by atoms with Crippen LogP contribution in [-0.2, 0) is 0 Å². The van der Waals surface area contributed by atoms with Crippen LogP contribution >= 0.6 is 0 Å². The highest BCUT2D eigenvalue weighted by molar-refractivity contribution is 5.38. The van der Waals surface area contributed by atoms with E-state index in [9.17, 15) is 0 Å². The van der Waals surface area contributed by atoms with Crippen molar-refractivity contribution in [2.24, 2.45) is 0 Å². The Morgan fingerprint density at radius 3 is 2.65 bits per heavy atom. The summed E-state index contributed by atoms with van der Waals surface area (Å²) in [5.74, 6) is 1.35. The zero-order valence-electron chi connectivity index (χ0n) is 11.2. The SMILES string of the molecule is CCCCCNc1nncc(NC(C)(C)C)n1. The van der Waals surface area contributed by atoms with Gasteiger partial charge in [-0.15, -0.1) is 5.10 Å². The van der Waals surface area contributed by atoms with Gasteiger partial charge in [0.05, 0.1) is 6.20 Å². The highest BCUT2D eigenvalue weighted by Crippen LogP contribution is 2.11. The minimum atomic E-state index is -0.0183. The lowest BCUT2D eigenvalue weighted by atomic mass is 10.1. The van der Waals surface area contributed by atoms with E-state index >= 15 is 0 Å². The number of hydrogen-bond acceptors (Lipinski definition) is 5. The predicted molar refractivity (Wildman–Crippen MR) is 71.2 cm³/mol. The van der Waals surface area contributed by atoms with Gasteiger partial charge in [-0.1, -0.05) is 19.8 Å². The molecule has 17 heavy (non-hydrogen) atoms. The fraction of sp³-hybridized carbons (Fsp3) is 0.750. The Morgan fingerprint density at radius 1 is 1.24 bits per heavy atom. The molecule has 1 rings (SSSR count). The summed E-state index contributed by atoms with van der Waals surface area (Å²) in [6, 6.07) is 0. The van der Waals surface area contributed by atoms with Crippen LogP contribution in [0.3, 0.4) is 0 Å². The molecule has 0 aliphatic heterocycles. The second-order valence-corrected chi connectivity index (χ2v) is 5.17. The van der Waals surface area contributed by atoms with Crippen molar-refractivity contribution in [3.63, 3.8) is 0 Å². The van der Waals surface area contributed by atoms with Crippen molar-refractivity contribution in [2.45, 2.75) is 52.5 Å². The van der Waals surface area contributed by atoms with Gasteiger partial charge in [0.15, 0.2) is 5.82 Å². The third-order valence-corrected chi connectivity index (χ3v) is 2.13. The largest absolute Gasteiger partial charge is 0.364 e. The van der Waals surface area contributed by atoms with Gasteiger partial charge in [0.2, 0.25) is 5.95 Å². The van der Waals surface area contributed by atoms with E-state index in [0.717, 1.165) is 18.8 Å². The van der Waals surface area contributed by atoms with Crippen LogP contribution in [0, 0.1) is 0 Å². The first-order chi connectivity index (χ1) is 8.01. The minimum absolute atomic E-state index is 0.0183. The first-order valence-corrected chi connectivity index (χ1v) is 6.23. The molecule has 5 nitrogen and oxygen atoms in total. The molecule has 96 valence electrons. The lowest BCUT2D eigenvalue weighted by Gasteiger charge is -2.20. The van der Waals surface area contributed by atoms with Crippen molar-refractivity contribution >= 4 is 11.8 Å². The average Bonchev–Trinajstić information content (AvgIpc) is 2.23. The van der Waals surface area contributed by atoms with Crippen molar-refractivity contribution in [1.29, 1.82) is 0 Å². The number of anilines is 2. The zero-order valence-corrected chi connectivity index (χ0v) is 11.2. The Bertz CT molecular complexity index is 332. The maximum absolute atomic E-state index is 4.36. The summed E-state index contributed by atoms with van der Waals surface area (Å²) in [6.45, 7) is 9.34.